The molecule has 3 amide bonds. The van der Waals surface area contributed by atoms with Crippen molar-refractivity contribution >= 4 is 23.4 Å². The van der Waals surface area contributed by atoms with E-state index in [0.717, 1.165) is 11.3 Å². The molecule has 3 rings (SSSR count). The fourth-order valence-electron chi connectivity index (χ4n) is 2.84. The first-order valence-corrected chi connectivity index (χ1v) is 6.92. The molecule has 6 nitrogen and oxygen atoms in total. The zero-order chi connectivity index (χ0) is 15.1. The number of rotatable bonds is 2. The minimum atomic E-state index is -0.551. The molecule has 2 aliphatic heterocycles. The number of carbonyl (C=O) groups is 3. The quantitative estimate of drug-likeness (QED) is 0.805. The van der Waals surface area contributed by atoms with Gasteiger partial charge in [-0.2, -0.15) is 0 Å². The topological polar surface area (TPSA) is 69.7 Å². The predicted molar refractivity (Wildman–Crippen MR) is 76.8 cm³/mol. The number of piperidine rings is 1. The van der Waals surface area contributed by atoms with E-state index in [1.165, 1.54) is 0 Å². The van der Waals surface area contributed by atoms with Crippen molar-refractivity contribution in [2.75, 3.05) is 19.0 Å². The van der Waals surface area contributed by atoms with Crippen molar-refractivity contribution in [1.29, 1.82) is 0 Å². The van der Waals surface area contributed by atoms with Crippen LogP contribution in [0.3, 0.4) is 0 Å². The second-order valence-corrected chi connectivity index (χ2v) is 5.64. The normalized spacial score (nSPS) is 21.3. The smallest absolute Gasteiger partial charge is 0.255 e. The molecular formula is C15H17N3O3. The molecule has 0 bridgehead atoms. The third kappa shape index (κ3) is 2.26. The zero-order valence-electron chi connectivity index (χ0n) is 12.0. The van der Waals surface area contributed by atoms with Crippen LogP contribution in [0, 0.1) is 0 Å². The second kappa shape index (κ2) is 4.87. The molecule has 6 heteroatoms. The number of anilines is 1. The summed E-state index contributed by atoms with van der Waals surface area (Å²) in [6, 6.07) is 5.12. The summed E-state index contributed by atoms with van der Waals surface area (Å²) >= 11 is 0. The molecule has 1 atom stereocenters. The third-order valence-electron chi connectivity index (χ3n) is 4.02. The maximum atomic E-state index is 12.5. The zero-order valence-corrected chi connectivity index (χ0v) is 12.0. The van der Waals surface area contributed by atoms with Gasteiger partial charge < -0.3 is 9.80 Å². The number of imide groups is 1. The van der Waals surface area contributed by atoms with Crippen molar-refractivity contribution in [1.82, 2.24) is 10.2 Å². The van der Waals surface area contributed by atoms with Gasteiger partial charge in [0, 0.05) is 38.3 Å². The Hall–Kier alpha value is -2.37. The van der Waals surface area contributed by atoms with Crippen LogP contribution >= 0.6 is 0 Å². The number of nitrogens with one attached hydrogen (secondary N) is 1. The summed E-state index contributed by atoms with van der Waals surface area (Å²) in [5.74, 6) is -0.777. The number of amides is 3. The van der Waals surface area contributed by atoms with E-state index in [-0.39, 0.29) is 24.1 Å². The predicted octanol–water partition coefficient (Wildman–Crippen LogP) is 0.514. The van der Waals surface area contributed by atoms with Crippen LogP contribution in [-0.4, -0.2) is 42.8 Å². The monoisotopic (exact) mass is 287 g/mol. The molecule has 0 aromatic heterocycles. The minimum absolute atomic E-state index is 0.134. The Kier molecular flexibility index (Phi) is 3.16. The van der Waals surface area contributed by atoms with Gasteiger partial charge in [-0.05, 0) is 30.2 Å². The Morgan fingerprint density at radius 3 is 2.67 bits per heavy atom. The third-order valence-corrected chi connectivity index (χ3v) is 4.02. The van der Waals surface area contributed by atoms with E-state index in [1.54, 1.807) is 11.0 Å². The van der Waals surface area contributed by atoms with E-state index in [0.29, 0.717) is 18.5 Å². The van der Waals surface area contributed by atoms with Gasteiger partial charge in [0.2, 0.25) is 11.8 Å². The summed E-state index contributed by atoms with van der Waals surface area (Å²) in [5.41, 5.74) is 2.59. The van der Waals surface area contributed by atoms with Gasteiger partial charge in [0.1, 0.15) is 6.04 Å². The van der Waals surface area contributed by atoms with Crippen LogP contribution in [0.1, 0.15) is 28.8 Å². The van der Waals surface area contributed by atoms with Crippen LogP contribution < -0.4 is 10.2 Å². The van der Waals surface area contributed by atoms with E-state index >= 15 is 0 Å². The number of nitrogens with zero attached hydrogens (tertiary/aromatic N) is 2. The molecule has 0 radical (unpaired) electrons. The maximum absolute atomic E-state index is 12.5. The van der Waals surface area contributed by atoms with Gasteiger partial charge >= 0.3 is 0 Å². The molecule has 1 saturated heterocycles. The van der Waals surface area contributed by atoms with Crippen molar-refractivity contribution in [3.63, 3.8) is 0 Å². The summed E-state index contributed by atoms with van der Waals surface area (Å²) in [7, 11) is 3.88. The molecule has 2 heterocycles. The average Bonchev–Trinajstić information content (AvgIpc) is 2.75. The molecule has 1 N–H and O–H groups in total. The molecule has 1 fully saturated rings. The highest BCUT2D eigenvalue weighted by atomic mass is 16.2. The molecule has 1 aromatic rings. The van der Waals surface area contributed by atoms with Gasteiger partial charge in [-0.3, -0.25) is 19.7 Å². The van der Waals surface area contributed by atoms with Crippen LogP contribution in [0.2, 0.25) is 0 Å². The van der Waals surface area contributed by atoms with Crippen molar-refractivity contribution in [2.45, 2.75) is 25.4 Å². The highest BCUT2D eigenvalue weighted by Gasteiger charge is 2.39. The van der Waals surface area contributed by atoms with Gasteiger partial charge in [0.05, 0.1) is 0 Å². The van der Waals surface area contributed by atoms with Crippen LogP contribution in [-0.2, 0) is 16.1 Å². The van der Waals surface area contributed by atoms with Gasteiger partial charge in [-0.1, -0.05) is 0 Å². The Balaban J connectivity index is 1.86. The molecule has 2 aliphatic rings. The largest absolute Gasteiger partial charge is 0.378 e. The Morgan fingerprint density at radius 1 is 1.24 bits per heavy atom. The summed E-state index contributed by atoms with van der Waals surface area (Å²) in [4.78, 5) is 39.1. The molecule has 1 unspecified atom stereocenters. The lowest BCUT2D eigenvalue weighted by Crippen LogP contribution is -2.52. The highest BCUT2D eigenvalue weighted by Crippen LogP contribution is 2.29. The van der Waals surface area contributed by atoms with Crippen molar-refractivity contribution in [2.24, 2.45) is 0 Å². The first kappa shape index (κ1) is 13.6. The van der Waals surface area contributed by atoms with E-state index < -0.39 is 6.04 Å². The first-order chi connectivity index (χ1) is 9.97. The summed E-state index contributed by atoms with van der Waals surface area (Å²) in [6.45, 7) is 0.419. The Labute approximate surface area is 122 Å². The van der Waals surface area contributed by atoms with Gasteiger partial charge in [0.15, 0.2) is 0 Å². The van der Waals surface area contributed by atoms with Gasteiger partial charge in [0.25, 0.3) is 5.91 Å². The van der Waals surface area contributed by atoms with Gasteiger partial charge in [-0.25, -0.2) is 0 Å². The number of fused-ring (bicyclic) bond motifs is 1. The van der Waals surface area contributed by atoms with Crippen LogP contribution in [0.15, 0.2) is 18.2 Å². The van der Waals surface area contributed by atoms with E-state index in [2.05, 4.69) is 5.32 Å². The van der Waals surface area contributed by atoms with Crippen LogP contribution in [0.4, 0.5) is 5.69 Å². The molecule has 21 heavy (non-hydrogen) atoms. The molecule has 110 valence electrons. The SMILES string of the molecule is CN(C)c1ccc2c(c1)CN(C1CCC(=O)NC1=O)C2=O. The van der Waals surface area contributed by atoms with Gasteiger partial charge in [-0.15, -0.1) is 0 Å². The van der Waals surface area contributed by atoms with Crippen LogP contribution in [0.25, 0.3) is 0 Å². The minimum Gasteiger partial charge on any atom is -0.378 e. The molecule has 0 aliphatic carbocycles. The summed E-state index contributed by atoms with van der Waals surface area (Å²) < 4.78 is 0. The first-order valence-electron chi connectivity index (χ1n) is 6.92. The molecule has 0 spiro atoms. The highest BCUT2D eigenvalue weighted by molar-refractivity contribution is 6.05. The maximum Gasteiger partial charge on any atom is 0.255 e. The fourth-order valence-corrected chi connectivity index (χ4v) is 2.84. The number of carbonyl (C=O) groups excluding carboxylic acids is 3. The lowest BCUT2D eigenvalue weighted by Gasteiger charge is -2.29. The number of hydrogen-bond acceptors (Lipinski definition) is 4. The average molecular weight is 287 g/mol. The molecule has 1 aromatic carbocycles. The van der Waals surface area contributed by atoms with Crippen molar-refractivity contribution in [3.8, 4) is 0 Å². The number of hydrogen-bond donors (Lipinski definition) is 1. The lowest BCUT2D eigenvalue weighted by atomic mass is 10.0. The van der Waals surface area contributed by atoms with E-state index in [4.69, 9.17) is 0 Å². The lowest BCUT2D eigenvalue weighted by molar-refractivity contribution is -0.136. The van der Waals surface area contributed by atoms with E-state index in [9.17, 15) is 14.4 Å². The standard InChI is InChI=1S/C15H17N3O3/c1-17(2)10-3-4-11-9(7-10)8-18(15(11)21)12-5-6-13(19)16-14(12)20/h3-4,7,12H,5-6,8H2,1-2H3,(H,16,19,20). The van der Waals surface area contributed by atoms with Crippen molar-refractivity contribution < 1.29 is 14.4 Å². The summed E-state index contributed by atoms with van der Waals surface area (Å²) in [5, 5.41) is 2.30. The van der Waals surface area contributed by atoms with Crippen LogP contribution in [0.5, 0.6) is 0 Å². The second-order valence-electron chi connectivity index (χ2n) is 5.64. The molecular weight excluding hydrogens is 270 g/mol. The fraction of sp³-hybridized carbons (Fsp3) is 0.400. The molecule has 0 saturated carbocycles. The summed E-state index contributed by atoms with van der Waals surface area (Å²) in [6.07, 6.45) is 0.671. The Morgan fingerprint density at radius 2 is 2.00 bits per heavy atom. The number of benzene rings is 1. The Bertz CT molecular complexity index is 639. The van der Waals surface area contributed by atoms with E-state index in [1.807, 2.05) is 31.1 Å². The van der Waals surface area contributed by atoms with Crippen molar-refractivity contribution in [3.05, 3.63) is 29.3 Å².